The molecule has 0 bridgehead atoms. The molecule has 0 heterocycles. The van der Waals surface area contributed by atoms with Crippen molar-refractivity contribution >= 4 is 59.1 Å². The number of aliphatic hydroxyl groups excluding tert-OH is 1. The molecule has 1 aliphatic carbocycles. The number of carbonyl (C=O) groups excluding carboxylic acids is 10. The van der Waals surface area contributed by atoms with E-state index in [4.69, 9.17) is 17.2 Å². The molecule has 1 saturated carbocycles. The number of aliphatic hydroxyl groups is 1. The molecule has 74 heavy (non-hydrogen) atoms. The first-order chi connectivity index (χ1) is 35.2. The van der Waals surface area contributed by atoms with Crippen molar-refractivity contribution in [2.24, 2.45) is 35.0 Å². The van der Waals surface area contributed by atoms with Crippen LogP contribution in [0.25, 0.3) is 11.1 Å². The molecule has 16 N–H and O–H groups in total. The minimum absolute atomic E-state index is 0.0654. The third kappa shape index (κ3) is 22.0. The monoisotopic (exact) mass is 1030 g/mol. The highest BCUT2D eigenvalue weighted by Crippen LogP contribution is 2.27. The fourth-order valence-corrected chi connectivity index (χ4v) is 8.19. The summed E-state index contributed by atoms with van der Waals surface area (Å²) in [6.45, 7) is 4.12. The van der Waals surface area contributed by atoms with Crippen LogP contribution in [0.4, 0.5) is 0 Å². The minimum Gasteiger partial charge on any atom is -0.394 e. The molecular formula is C51H78N12O11. The molecule has 3 unspecified atom stereocenters. The maximum Gasteiger partial charge on any atom is 0.243 e. The second-order valence-electron chi connectivity index (χ2n) is 19.1. The summed E-state index contributed by atoms with van der Waals surface area (Å²) in [5, 5.41) is 32.0. The van der Waals surface area contributed by atoms with Crippen LogP contribution in [0.15, 0.2) is 54.6 Å². The maximum atomic E-state index is 14.0. The predicted molar refractivity (Wildman–Crippen MR) is 275 cm³/mol. The molecule has 1 fully saturated rings. The number of nitrogens with two attached hydrogens (primary N) is 3. The van der Waals surface area contributed by atoms with Crippen LogP contribution in [0, 0.1) is 17.8 Å². The van der Waals surface area contributed by atoms with E-state index in [9.17, 15) is 53.1 Å². The Hall–Kier alpha value is -6.98. The molecule has 0 spiro atoms. The fraction of sp³-hybridized carbons (Fsp3) is 0.569. The van der Waals surface area contributed by atoms with Crippen molar-refractivity contribution in [3.63, 3.8) is 0 Å². The number of primary amides is 1. The summed E-state index contributed by atoms with van der Waals surface area (Å²) in [4.78, 5) is 130. The molecule has 10 amide bonds. The van der Waals surface area contributed by atoms with E-state index >= 15 is 0 Å². The molecule has 0 saturated heterocycles. The van der Waals surface area contributed by atoms with Gasteiger partial charge in [0.15, 0.2) is 0 Å². The van der Waals surface area contributed by atoms with Gasteiger partial charge in [-0.1, -0.05) is 121 Å². The second-order valence-corrected chi connectivity index (χ2v) is 19.1. The Morgan fingerprint density at radius 3 is 1.69 bits per heavy atom. The van der Waals surface area contributed by atoms with Gasteiger partial charge in [-0.25, -0.2) is 0 Å². The maximum absolute atomic E-state index is 14.0. The molecule has 408 valence electrons. The van der Waals surface area contributed by atoms with Crippen molar-refractivity contribution in [1.82, 2.24) is 47.9 Å². The fourth-order valence-electron chi connectivity index (χ4n) is 8.19. The first kappa shape index (κ1) is 61.3. The Labute approximate surface area is 432 Å². The van der Waals surface area contributed by atoms with Crippen LogP contribution in [0.5, 0.6) is 0 Å². The van der Waals surface area contributed by atoms with Gasteiger partial charge in [0.2, 0.25) is 59.1 Å². The van der Waals surface area contributed by atoms with Crippen molar-refractivity contribution in [3.8, 4) is 11.1 Å². The summed E-state index contributed by atoms with van der Waals surface area (Å²) in [5.41, 5.74) is 19.7. The normalized spacial score (nSPS) is 15.3. The van der Waals surface area contributed by atoms with Crippen molar-refractivity contribution < 1.29 is 53.1 Å². The van der Waals surface area contributed by atoms with Gasteiger partial charge in [0.1, 0.15) is 30.2 Å². The number of nitrogens with one attached hydrogen (secondary N) is 9. The summed E-state index contributed by atoms with van der Waals surface area (Å²) >= 11 is 0. The third-order valence-electron chi connectivity index (χ3n) is 12.6. The molecule has 0 aromatic heterocycles. The van der Waals surface area contributed by atoms with Crippen LogP contribution in [0.2, 0.25) is 0 Å². The van der Waals surface area contributed by atoms with Crippen LogP contribution in [-0.4, -0.2) is 140 Å². The highest BCUT2D eigenvalue weighted by molar-refractivity contribution is 5.97. The van der Waals surface area contributed by atoms with E-state index in [0.29, 0.717) is 24.3 Å². The van der Waals surface area contributed by atoms with Gasteiger partial charge in [-0.15, -0.1) is 0 Å². The number of rotatable bonds is 31. The minimum atomic E-state index is -1.41. The van der Waals surface area contributed by atoms with E-state index < -0.39 is 128 Å². The van der Waals surface area contributed by atoms with Crippen LogP contribution in [0.1, 0.15) is 91.0 Å². The highest BCUT2D eigenvalue weighted by Gasteiger charge is 2.32. The standard InChI is InChI=1S/C51H78N12O11/c1-5-31(4)45(63-44(68)28-57-47(70)36(53)23-32-12-8-6-9-13-32)51(74)58-26-42(66)55-25-41(65)56-27-43(67)59-37(20-21-52)48(71)61-39(24-33-16-18-35(19-17-33)34-14-10-7-11-15-34)50(73)60-38(22-30(2)3)49(72)62-40(29-64)46(54)69/h7,10-11,14-19,30-32,36-40,45,64H,5-6,8-9,12-13,20-29,52-53H2,1-4H3,(H2,54,69)(H,55,66)(H,56,65)(H,57,70)(H,58,74)(H,59,67)(H,60,73)(H,61,71)(H,62,72)(H,63,68)/t31?,36?,37-,38-,39+,40-,45?/m0/s1. The zero-order valence-corrected chi connectivity index (χ0v) is 43.0. The molecule has 7 atom stereocenters. The lowest BCUT2D eigenvalue weighted by Gasteiger charge is -2.27. The lowest BCUT2D eigenvalue weighted by Crippen LogP contribution is -2.59. The van der Waals surface area contributed by atoms with Gasteiger partial charge in [-0.05, 0) is 60.3 Å². The topological polar surface area (TPSA) is 377 Å². The summed E-state index contributed by atoms with van der Waals surface area (Å²) in [6.07, 6.45) is 6.40. The SMILES string of the molecule is CCC(C)C(NC(=O)CNC(=O)C(N)CC1CCCCC1)C(=O)NCC(=O)NCC(=O)NCC(=O)N[C@@H](CCN)C(=O)N[C@H](Cc1ccc(-c2ccccc2)cc1)C(=O)N[C@@H](CC(C)C)C(=O)N[C@@H](CO)C(N)=O. The van der Waals surface area contributed by atoms with Crippen molar-refractivity contribution in [3.05, 3.63) is 60.2 Å². The first-order valence-electron chi connectivity index (χ1n) is 25.3. The largest absolute Gasteiger partial charge is 0.394 e. The van der Waals surface area contributed by atoms with E-state index in [0.717, 1.165) is 36.8 Å². The number of hydrogen-bond donors (Lipinski definition) is 13. The average Bonchev–Trinajstić information content (AvgIpc) is 3.38. The number of carbonyl (C=O) groups is 10. The van der Waals surface area contributed by atoms with E-state index in [-0.39, 0.29) is 37.6 Å². The van der Waals surface area contributed by atoms with Crippen LogP contribution in [-0.2, 0) is 54.4 Å². The molecule has 23 nitrogen and oxygen atoms in total. The summed E-state index contributed by atoms with van der Waals surface area (Å²) in [7, 11) is 0. The molecule has 3 rings (SSSR count). The summed E-state index contributed by atoms with van der Waals surface area (Å²) in [6, 6.07) is 9.75. The van der Waals surface area contributed by atoms with Crippen LogP contribution in [0.3, 0.4) is 0 Å². The third-order valence-corrected chi connectivity index (χ3v) is 12.6. The zero-order valence-electron chi connectivity index (χ0n) is 43.0. The second kappa shape index (κ2) is 32.3. The molecule has 2 aromatic rings. The molecular weight excluding hydrogens is 957 g/mol. The van der Waals surface area contributed by atoms with Crippen molar-refractivity contribution in [1.29, 1.82) is 0 Å². The van der Waals surface area contributed by atoms with Gasteiger partial charge >= 0.3 is 0 Å². The van der Waals surface area contributed by atoms with Gasteiger partial charge in [0.25, 0.3) is 0 Å². The van der Waals surface area contributed by atoms with Gasteiger partial charge in [-0.2, -0.15) is 0 Å². The summed E-state index contributed by atoms with van der Waals surface area (Å²) in [5.74, 6) is -7.58. The molecule has 0 radical (unpaired) electrons. The molecule has 0 aliphatic heterocycles. The van der Waals surface area contributed by atoms with Crippen molar-refractivity contribution in [2.45, 2.75) is 128 Å². The zero-order chi connectivity index (χ0) is 54.7. The lowest BCUT2D eigenvalue weighted by molar-refractivity contribution is -0.134. The quantitative estimate of drug-likeness (QED) is 0.0389. The van der Waals surface area contributed by atoms with Gasteiger partial charge < -0.3 is 70.2 Å². The Balaban J connectivity index is 1.57. The molecule has 2 aromatic carbocycles. The number of benzene rings is 2. The van der Waals surface area contributed by atoms with Crippen LogP contribution >= 0.6 is 0 Å². The van der Waals surface area contributed by atoms with E-state index in [2.05, 4.69) is 47.9 Å². The molecule has 23 heteroatoms. The number of hydrogen-bond acceptors (Lipinski definition) is 13. The predicted octanol–water partition coefficient (Wildman–Crippen LogP) is -2.00. The van der Waals surface area contributed by atoms with Gasteiger partial charge in [0.05, 0.1) is 38.8 Å². The lowest BCUT2D eigenvalue weighted by atomic mass is 9.85. The van der Waals surface area contributed by atoms with E-state index in [1.54, 1.807) is 32.9 Å². The van der Waals surface area contributed by atoms with E-state index in [1.165, 1.54) is 6.42 Å². The van der Waals surface area contributed by atoms with Crippen molar-refractivity contribution in [2.75, 3.05) is 39.3 Å². The smallest absolute Gasteiger partial charge is 0.243 e. The van der Waals surface area contributed by atoms with E-state index in [1.807, 2.05) is 49.4 Å². The van der Waals surface area contributed by atoms with Gasteiger partial charge in [0, 0.05) is 6.42 Å². The number of amides is 10. The molecule has 1 aliphatic rings. The van der Waals surface area contributed by atoms with Gasteiger partial charge in [-0.3, -0.25) is 47.9 Å². The Bertz CT molecular complexity index is 2190. The first-order valence-corrected chi connectivity index (χ1v) is 25.3. The Morgan fingerprint density at radius 2 is 1.11 bits per heavy atom. The Morgan fingerprint density at radius 1 is 0.595 bits per heavy atom. The Kier molecular flexibility index (Phi) is 26.7. The average molecular weight is 1040 g/mol. The van der Waals surface area contributed by atoms with Crippen LogP contribution < -0.4 is 65.1 Å². The summed E-state index contributed by atoms with van der Waals surface area (Å²) < 4.78 is 0. The highest BCUT2D eigenvalue weighted by atomic mass is 16.3.